The average molecular weight is 411 g/mol. The molecule has 4 rings (SSSR count). The average Bonchev–Trinajstić information content (AvgIpc) is 3.17. The van der Waals surface area contributed by atoms with Crippen LogP contribution in [0.5, 0.6) is 0 Å². The monoisotopic (exact) mass is 410 g/mol. The number of carbonyl (C=O) groups is 1. The van der Waals surface area contributed by atoms with Crippen molar-refractivity contribution in [2.75, 3.05) is 5.32 Å². The molecule has 31 heavy (non-hydrogen) atoms. The van der Waals surface area contributed by atoms with Crippen molar-refractivity contribution >= 4 is 28.7 Å². The summed E-state index contributed by atoms with van der Waals surface area (Å²) in [5.41, 5.74) is 6.93. The Morgan fingerprint density at radius 2 is 1.74 bits per heavy atom. The van der Waals surface area contributed by atoms with Gasteiger partial charge in [0.05, 0.1) is 11.1 Å². The summed E-state index contributed by atoms with van der Waals surface area (Å²) >= 11 is 0. The zero-order chi connectivity index (χ0) is 22.2. The third-order valence-corrected chi connectivity index (χ3v) is 5.29. The van der Waals surface area contributed by atoms with E-state index < -0.39 is 0 Å². The molecule has 0 radical (unpaired) electrons. The van der Waals surface area contributed by atoms with Gasteiger partial charge in [-0.2, -0.15) is 5.10 Å². The molecule has 4 aromatic rings. The number of anilines is 1. The second-order valence-corrected chi connectivity index (χ2v) is 8.74. The van der Waals surface area contributed by atoms with E-state index in [0.29, 0.717) is 11.2 Å². The van der Waals surface area contributed by atoms with Crippen molar-refractivity contribution in [1.82, 2.24) is 15.2 Å². The standard InChI is InChI=1S/C26H26N4O/c1-6-21-23-20(15-22(26(3,4)5)28-24(23)30-29-21)17-11-13-19(14-12-17)27-25(31)18-9-7-16(2)8-10-18/h6-15H,1H2,2-5H3,(H,27,31)(H,28,29,30). The summed E-state index contributed by atoms with van der Waals surface area (Å²) in [4.78, 5) is 17.3. The van der Waals surface area contributed by atoms with Gasteiger partial charge in [-0.25, -0.2) is 4.98 Å². The van der Waals surface area contributed by atoms with Crippen molar-refractivity contribution in [3.63, 3.8) is 0 Å². The van der Waals surface area contributed by atoms with Crippen molar-refractivity contribution in [3.8, 4) is 11.1 Å². The van der Waals surface area contributed by atoms with E-state index in [2.05, 4.69) is 48.9 Å². The number of nitrogens with one attached hydrogen (secondary N) is 2. The van der Waals surface area contributed by atoms with E-state index in [1.807, 2.05) is 55.5 Å². The van der Waals surface area contributed by atoms with E-state index in [0.717, 1.165) is 39.2 Å². The Balaban J connectivity index is 1.70. The summed E-state index contributed by atoms with van der Waals surface area (Å²) < 4.78 is 0. The van der Waals surface area contributed by atoms with Crippen molar-refractivity contribution in [1.29, 1.82) is 0 Å². The number of rotatable bonds is 4. The highest BCUT2D eigenvalue weighted by atomic mass is 16.1. The smallest absolute Gasteiger partial charge is 0.255 e. The lowest BCUT2D eigenvalue weighted by Gasteiger charge is -2.19. The molecule has 0 unspecified atom stereocenters. The number of hydrogen-bond donors (Lipinski definition) is 2. The summed E-state index contributed by atoms with van der Waals surface area (Å²) in [5.74, 6) is -0.127. The molecule has 2 aromatic carbocycles. The molecule has 0 saturated carbocycles. The van der Waals surface area contributed by atoms with Gasteiger partial charge in [0, 0.05) is 22.4 Å². The van der Waals surface area contributed by atoms with Gasteiger partial charge in [-0.3, -0.25) is 9.89 Å². The minimum Gasteiger partial charge on any atom is -0.322 e. The van der Waals surface area contributed by atoms with Crippen LogP contribution in [0.4, 0.5) is 5.69 Å². The third kappa shape index (κ3) is 4.12. The molecule has 5 nitrogen and oxygen atoms in total. The molecular formula is C26H26N4O. The fourth-order valence-electron chi connectivity index (χ4n) is 3.45. The Bertz CT molecular complexity index is 1260. The minimum atomic E-state index is -0.127. The summed E-state index contributed by atoms with van der Waals surface area (Å²) in [5, 5.41) is 11.3. The third-order valence-electron chi connectivity index (χ3n) is 5.29. The predicted molar refractivity (Wildman–Crippen MR) is 127 cm³/mol. The molecule has 2 heterocycles. The molecule has 0 bridgehead atoms. The molecule has 0 atom stereocenters. The molecule has 0 fully saturated rings. The van der Waals surface area contributed by atoms with E-state index in [4.69, 9.17) is 4.98 Å². The van der Waals surface area contributed by atoms with Gasteiger partial charge in [0.2, 0.25) is 0 Å². The highest BCUT2D eigenvalue weighted by Crippen LogP contribution is 2.34. The second-order valence-electron chi connectivity index (χ2n) is 8.74. The van der Waals surface area contributed by atoms with Crippen molar-refractivity contribution in [2.45, 2.75) is 33.1 Å². The summed E-state index contributed by atoms with van der Waals surface area (Å²) in [6.07, 6.45) is 1.76. The molecule has 0 saturated heterocycles. The quantitative estimate of drug-likeness (QED) is 0.425. The molecule has 2 N–H and O–H groups in total. The van der Waals surface area contributed by atoms with Gasteiger partial charge < -0.3 is 5.32 Å². The lowest BCUT2D eigenvalue weighted by atomic mass is 9.89. The first kappa shape index (κ1) is 20.5. The molecule has 2 aromatic heterocycles. The SMILES string of the molecule is C=Cc1[nH]nc2nc(C(C)(C)C)cc(-c3ccc(NC(=O)c4ccc(C)cc4)cc3)c12. The largest absolute Gasteiger partial charge is 0.322 e. The zero-order valence-corrected chi connectivity index (χ0v) is 18.3. The van der Waals surface area contributed by atoms with Crippen LogP contribution in [-0.2, 0) is 5.41 Å². The number of aromatic amines is 1. The van der Waals surface area contributed by atoms with Gasteiger partial charge in [-0.1, -0.05) is 57.2 Å². The summed E-state index contributed by atoms with van der Waals surface area (Å²) in [6, 6.07) is 17.5. The van der Waals surface area contributed by atoms with Gasteiger partial charge in [-0.15, -0.1) is 0 Å². The van der Waals surface area contributed by atoms with Crippen LogP contribution in [-0.4, -0.2) is 21.1 Å². The highest BCUT2D eigenvalue weighted by molar-refractivity contribution is 6.04. The van der Waals surface area contributed by atoms with E-state index in [-0.39, 0.29) is 11.3 Å². The van der Waals surface area contributed by atoms with Crippen LogP contribution in [0.2, 0.25) is 0 Å². The maximum absolute atomic E-state index is 12.5. The van der Waals surface area contributed by atoms with Crippen LogP contribution in [0.25, 0.3) is 28.2 Å². The lowest BCUT2D eigenvalue weighted by Crippen LogP contribution is -2.13. The Morgan fingerprint density at radius 1 is 1.06 bits per heavy atom. The first-order chi connectivity index (χ1) is 14.8. The number of amides is 1. The van der Waals surface area contributed by atoms with Crippen molar-refractivity contribution < 1.29 is 4.79 Å². The van der Waals surface area contributed by atoms with E-state index in [9.17, 15) is 4.79 Å². The molecule has 0 aliphatic heterocycles. The maximum Gasteiger partial charge on any atom is 0.255 e. The number of fused-ring (bicyclic) bond motifs is 1. The number of hydrogen-bond acceptors (Lipinski definition) is 3. The maximum atomic E-state index is 12.5. The van der Waals surface area contributed by atoms with Gasteiger partial charge in [-0.05, 0) is 54.5 Å². The van der Waals surface area contributed by atoms with E-state index in [1.54, 1.807) is 6.08 Å². The van der Waals surface area contributed by atoms with Crippen LogP contribution in [0.15, 0.2) is 61.2 Å². The fraction of sp³-hybridized carbons (Fsp3) is 0.192. The lowest BCUT2D eigenvalue weighted by molar-refractivity contribution is 0.102. The fourth-order valence-corrected chi connectivity index (χ4v) is 3.45. The Hall–Kier alpha value is -3.73. The second kappa shape index (κ2) is 7.84. The number of pyridine rings is 1. The van der Waals surface area contributed by atoms with Gasteiger partial charge >= 0.3 is 0 Å². The van der Waals surface area contributed by atoms with Crippen LogP contribution < -0.4 is 5.32 Å². The molecule has 0 spiro atoms. The van der Waals surface area contributed by atoms with E-state index >= 15 is 0 Å². The van der Waals surface area contributed by atoms with Gasteiger partial charge in [0.15, 0.2) is 5.65 Å². The molecular weight excluding hydrogens is 384 g/mol. The van der Waals surface area contributed by atoms with Gasteiger partial charge in [0.25, 0.3) is 5.91 Å². The zero-order valence-electron chi connectivity index (χ0n) is 18.3. The highest BCUT2D eigenvalue weighted by Gasteiger charge is 2.21. The van der Waals surface area contributed by atoms with Crippen molar-refractivity contribution in [2.24, 2.45) is 0 Å². The number of H-pyrrole nitrogens is 1. The minimum absolute atomic E-state index is 0.113. The number of nitrogens with zero attached hydrogens (tertiary/aromatic N) is 2. The molecule has 156 valence electrons. The predicted octanol–water partition coefficient (Wildman–Crippen LogP) is 6.13. The Morgan fingerprint density at radius 3 is 2.35 bits per heavy atom. The normalized spacial score (nSPS) is 11.5. The first-order valence-electron chi connectivity index (χ1n) is 10.3. The van der Waals surface area contributed by atoms with Crippen LogP contribution in [0.3, 0.4) is 0 Å². The molecule has 5 heteroatoms. The Kier molecular flexibility index (Phi) is 5.19. The first-order valence-corrected chi connectivity index (χ1v) is 10.3. The summed E-state index contributed by atoms with van der Waals surface area (Å²) in [6.45, 7) is 12.3. The van der Waals surface area contributed by atoms with E-state index in [1.165, 1.54) is 0 Å². The molecule has 0 aliphatic rings. The van der Waals surface area contributed by atoms with Gasteiger partial charge in [0.1, 0.15) is 0 Å². The number of carbonyl (C=O) groups excluding carboxylic acids is 1. The molecule has 0 aliphatic carbocycles. The van der Waals surface area contributed by atoms with Crippen molar-refractivity contribution in [3.05, 3.63) is 83.7 Å². The number of benzene rings is 2. The van der Waals surface area contributed by atoms with Crippen LogP contribution in [0.1, 0.15) is 48.1 Å². The topological polar surface area (TPSA) is 70.7 Å². The number of aryl methyl sites for hydroxylation is 1. The molecule has 1 amide bonds. The Labute approximate surface area is 182 Å². The number of aromatic nitrogens is 3. The summed E-state index contributed by atoms with van der Waals surface area (Å²) in [7, 11) is 0. The van der Waals surface area contributed by atoms with Crippen LogP contribution >= 0.6 is 0 Å². The van der Waals surface area contributed by atoms with Crippen LogP contribution in [0, 0.1) is 6.92 Å².